The van der Waals surface area contributed by atoms with Crippen LogP contribution in [0.15, 0.2) is 9.95 Å². The summed E-state index contributed by atoms with van der Waals surface area (Å²) >= 11 is 2.72. The van der Waals surface area contributed by atoms with E-state index in [0.717, 1.165) is 23.3 Å². The number of hydrogen-bond donors (Lipinski definition) is 1. The van der Waals surface area contributed by atoms with Crippen molar-refractivity contribution in [3.05, 3.63) is 20.8 Å². The third-order valence-electron chi connectivity index (χ3n) is 4.85. The molecule has 1 amide bonds. The molecule has 0 unspecified atom stereocenters. The molecule has 0 saturated carbocycles. The molecule has 9 heteroatoms. The highest BCUT2D eigenvalue weighted by Crippen LogP contribution is 2.28. The van der Waals surface area contributed by atoms with Gasteiger partial charge in [0.05, 0.1) is 18.2 Å². The van der Waals surface area contributed by atoms with Crippen LogP contribution in [0.4, 0.5) is 0 Å². The maximum absolute atomic E-state index is 13.1. The molecule has 0 aliphatic heterocycles. The lowest BCUT2D eigenvalue weighted by Gasteiger charge is -2.18. The fourth-order valence-corrected chi connectivity index (χ4v) is 5.03. The SMILES string of the molecule is CCCCn1c(SCC(=O)N[C@@H](CC(C)C)C(=O)OC)nc2sc(C)c(C)c2c1=O. The molecule has 7 nitrogen and oxygen atoms in total. The fraction of sp³-hybridized carbons (Fsp3) is 0.619. The Labute approximate surface area is 185 Å². The number of carbonyl (C=O) groups excluding carboxylic acids is 2. The van der Waals surface area contributed by atoms with E-state index in [1.54, 1.807) is 4.57 Å². The van der Waals surface area contributed by atoms with Crippen molar-refractivity contribution in [2.75, 3.05) is 12.9 Å². The average molecular weight is 454 g/mol. The van der Waals surface area contributed by atoms with E-state index in [1.165, 1.54) is 30.2 Å². The monoisotopic (exact) mass is 453 g/mol. The normalized spacial score (nSPS) is 12.4. The number of unbranched alkanes of at least 4 members (excludes halogenated alkanes) is 1. The van der Waals surface area contributed by atoms with Crippen molar-refractivity contribution in [3.63, 3.8) is 0 Å². The van der Waals surface area contributed by atoms with Crippen molar-refractivity contribution < 1.29 is 14.3 Å². The summed E-state index contributed by atoms with van der Waals surface area (Å²) in [5, 5.41) is 3.96. The Morgan fingerprint density at radius 3 is 2.60 bits per heavy atom. The number of nitrogens with one attached hydrogen (secondary N) is 1. The van der Waals surface area contributed by atoms with Gasteiger partial charge in [0.1, 0.15) is 10.9 Å². The topological polar surface area (TPSA) is 90.3 Å². The number of fused-ring (bicyclic) bond motifs is 1. The van der Waals surface area contributed by atoms with Gasteiger partial charge in [0, 0.05) is 11.4 Å². The molecule has 2 aromatic heterocycles. The van der Waals surface area contributed by atoms with Crippen molar-refractivity contribution in [1.29, 1.82) is 0 Å². The molecule has 2 aromatic rings. The molecular formula is C21H31N3O4S2. The van der Waals surface area contributed by atoms with E-state index >= 15 is 0 Å². The zero-order valence-corrected chi connectivity index (χ0v) is 20.2. The highest BCUT2D eigenvalue weighted by atomic mass is 32.2. The van der Waals surface area contributed by atoms with Crippen molar-refractivity contribution in [2.24, 2.45) is 5.92 Å². The van der Waals surface area contributed by atoms with E-state index in [1.807, 2.05) is 27.7 Å². The van der Waals surface area contributed by atoms with E-state index in [9.17, 15) is 14.4 Å². The molecule has 1 N–H and O–H groups in total. The molecule has 2 rings (SSSR count). The first-order chi connectivity index (χ1) is 14.2. The Balaban J connectivity index is 2.24. The third kappa shape index (κ3) is 5.85. The first-order valence-corrected chi connectivity index (χ1v) is 12.0. The molecule has 0 bridgehead atoms. The molecule has 2 heterocycles. The van der Waals surface area contributed by atoms with Gasteiger partial charge >= 0.3 is 5.97 Å². The van der Waals surface area contributed by atoms with Gasteiger partial charge in [0.25, 0.3) is 5.56 Å². The first kappa shape index (κ1) is 24.4. The van der Waals surface area contributed by atoms with Crippen LogP contribution in [0.2, 0.25) is 0 Å². The van der Waals surface area contributed by atoms with Crippen LogP contribution in [0.1, 0.15) is 50.5 Å². The van der Waals surface area contributed by atoms with Gasteiger partial charge in [-0.15, -0.1) is 11.3 Å². The van der Waals surface area contributed by atoms with E-state index in [4.69, 9.17) is 9.72 Å². The summed E-state index contributed by atoms with van der Waals surface area (Å²) in [4.78, 5) is 44.1. The van der Waals surface area contributed by atoms with Crippen molar-refractivity contribution >= 4 is 45.2 Å². The summed E-state index contributed by atoms with van der Waals surface area (Å²) in [5.41, 5.74) is 0.923. The number of amides is 1. The van der Waals surface area contributed by atoms with E-state index in [-0.39, 0.29) is 23.1 Å². The second-order valence-corrected chi connectivity index (χ2v) is 9.88. The molecular weight excluding hydrogens is 422 g/mol. The van der Waals surface area contributed by atoms with Crippen LogP contribution in [0, 0.1) is 19.8 Å². The van der Waals surface area contributed by atoms with Gasteiger partial charge in [-0.05, 0) is 38.2 Å². The van der Waals surface area contributed by atoms with Gasteiger partial charge < -0.3 is 10.1 Å². The van der Waals surface area contributed by atoms with Gasteiger partial charge in [0.2, 0.25) is 5.91 Å². The molecule has 1 atom stereocenters. The fourth-order valence-electron chi connectivity index (χ4n) is 3.13. The Hall–Kier alpha value is -1.87. The summed E-state index contributed by atoms with van der Waals surface area (Å²) in [6.07, 6.45) is 2.31. The van der Waals surface area contributed by atoms with Crippen LogP contribution >= 0.6 is 23.1 Å². The number of thioether (sulfide) groups is 1. The molecule has 0 fully saturated rings. The third-order valence-corrected chi connectivity index (χ3v) is 6.93. The lowest BCUT2D eigenvalue weighted by molar-refractivity contribution is -0.145. The largest absolute Gasteiger partial charge is 0.467 e. The number of thiophene rings is 1. The van der Waals surface area contributed by atoms with Gasteiger partial charge in [-0.3, -0.25) is 14.2 Å². The second-order valence-electron chi connectivity index (χ2n) is 7.73. The van der Waals surface area contributed by atoms with E-state index < -0.39 is 12.0 Å². The molecule has 166 valence electrons. The Morgan fingerprint density at radius 2 is 2.00 bits per heavy atom. The maximum atomic E-state index is 13.1. The predicted molar refractivity (Wildman–Crippen MR) is 122 cm³/mol. The van der Waals surface area contributed by atoms with Gasteiger partial charge in [-0.2, -0.15) is 0 Å². The minimum atomic E-state index is -0.677. The number of carbonyl (C=O) groups is 2. The summed E-state index contributed by atoms with van der Waals surface area (Å²) in [5.74, 6) is -0.438. The number of aromatic nitrogens is 2. The first-order valence-electron chi connectivity index (χ1n) is 10.2. The van der Waals surface area contributed by atoms with E-state index in [2.05, 4.69) is 12.2 Å². The van der Waals surface area contributed by atoms with Gasteiger partial charge in [-0.25, -0.2) is 9.78 Å². The molecule has 30 heavy (non-hydrogen) atoms. The van der Waals surface area contributed by atoms with Crippen LogP contribution in [0.5, 0.6) is 0 Å². The van der Waals surface area contributed by atoms with Crippen molar-refractivity contribution in [2.45, 2.75) is 71.6 Å². The smallest absolute Gasteiger partial charge is 0.328 e. The second kappa shape index (κ2) is 10.9. The summed E-state index contributed by atoms with van der Waals surface area (Å²) in [6, 6.07) is -0.677. The number of nitrogens with zero attached hydrogens (tertiary/aromatic N) is 2. The maximum Gasteiger partial charge on any atom is 0.328 e. The van der Waals surface area contributed by atoms with Crippen molar-refractivity contribution in [3.8, 4) is 0 Å². The lowest BCUT2D eigenvalue weighted by atomic mass is 10.0. The van der Waals surface area contributed by atoms with E-state index in [0.29, 0.717) is 28.3 Å². The molecule has 0 radical (unpaired) electrons. The zero-order valence-electron chi connectivity index (χ0n) is 18.5. The highest BCUT2D eigenvalue weighted by molar-refractivity contribution is 7.99. The predicted octanol–water partition coefficient (Wildman–Crippen LogP) is 3.67. The summed E-state index contributed by atoms with van der Waals surface area (Å²) in [7, 11) is 1.31. The minimum Gasteiger partial charge on any atom is -0.467 e. The van der Waals surface area contributed by atoms with Crippen LogP contribution in [-0.2, 0) is 20.9 Å². The summed E-state index contributed by atoms with van der Waals surface area (Å²) < 4.78 is 6.48. The minimum absolute atomic E-state index is 0.0505. The lowest BCUT2D eigenvalue weighted by Crippen LogP contribution is -2.43. The van der Waals surface area contributed by atoms with Crippen LogP contribution in [0.3, 0.4) is 0 Å². The van der Waals surface area contributed by atoms with Crippen LogP contribution < -0.4 is 10.9 Å². The van der Waals surface area contributed by atoms with Crippen LogP contribution in [0.25, 0.3) is 10.2 Å². The number of ether oxygens (including phenoxy) is 1. The summed E-state index contributed by atoms with van der Waals surface area (Å²) in [6.45, 7) is 10.5. The zero-order chi connectivity index (χ0) is 22.4. The number of esters is 1. The number of aryl methyl sites for hydroxylation is 2. The molecule has 0 aromatic carbocycles. The molecule has 0 aliphatic rings. The number of methoxy groups -OCH3 is 1. The Bertz CT molecular complexity index is 965. The molecule has 0 aliphatic carbocycles. The number of rotatable bonds is 10. The standard InChI is InChI=1S/C21H31N3O4S2/c1-7-8-9-24-19(26)17-13(4)14(5)30-18(17)23-21(24)29-11-16(25)22-15(10-12(2)3)20(27)28-6/h12,15H,7-11H2,1-6H3,(H,22,25)/t15-/m0/s1. The molecule has 0 saturated heterocycles. The Kier molecular flexibility index (Phi) is 8.91. The highest BCUT2D eigenvalue weighted by Gasteiger charge is 2.23. The van der Waals surface area contributed by atoms with Crippen LogP contribution in [-0.4, -0.2) is 40.3 Å². The molecule has 0 spiro atoms. The van der Waals surface area contributed by atoms with Gasteiger partial charge in [0.15, 0.2) is 5.16 Å². The van der Waals surface area contributed by atoms with Crippen molar-refractivity contribution in [1.82, 2.24) is 14.9 Å². The number of hydrogen-bond acceptors (Lipinski definition) is 7. The van der Waals surface area contributed by atoms with Gasteiger partial charge in [-0.1, -0.05) is 39.0 Å². The Morgan fingerprint density at radius 1 is 1.30 bits per heavy atom. The average Bonchev–Trinajstić information content (AvgIpc) is 2.98. The quantitative estimate of drug-likeness (QED) is 0.335.